The molecule has 3 aromatic rings. The van der Waals surface area contributed by atoms with Gasteiger partial charge in [-0.15, -0.1) is 12.4 Å². The maximum Gasteiger partial charge on any atom is 0.416 e. The van der Waals surface area contributed by atoms with E-state index >= 15 is 0 Å². The number of fused-ring (bicyclic) bond motifs is 2. The van der Waals surface area contributed by atoms with Crippen LogP contribution in [0.4, 0.5) is 26.3 Å². The lowest BCUT2D eigenvalue weighted by molar-refractivity contribution is -0.143. The van der Waals surface area contributed by atoms with E-state index in [-0.39, 0.29) is 42.6 Å². The second-order valence-electron chi connectivity index (χ2n) is 9.46. The molecule has 2 fully saturated rings. The van der Waals surface area contributed by atoms with Crippen molar-refractivity contribution in [2.45, 2.75) is 68.7 Å². The van der Waals surface area contributed by atoms with Crippen LogP contribution in [0.3, 0.4) is 0 Å². The van der Waals surface area contributed by atoms with Crippen LogP contribution >= 0.6 is 12.4 Å². The molecule has 0 radical (unpaired) electrons. The summed E-state index contributed by atoms with van der Waals surface area (Å²) in [6.45, 7) is 1.41. The average molecular weight is 547 g/mol. The molecule has 3 heterocycles. The molecule has 2 bridgehead atoms. The largest absolute Gasteiger partial charge is 0.416 e. The molecular formula is C25H25ClF6N4O. The van der Waals surface area contributed by atoms with Crippen LogP contribution < -0.4 is 5.32 Å². The number of halogens is 7. The summed E-state index contributed by atoms with van der Waals surface area (Å²) in [4.78, 5) is 4.50. The fourth-order valence-electron chi connectivity index (χ4n) is 5.52. The van der Waals surface area contributed by atoms with Crippen LogP contribution in [0.1, 0.15) is 59.1 Å². The van der Waals surface area contributed by atoms with Gasteiger partial charge in [0.25, 0.3) is 0 Å². The minimum atomic E-state index is -4.91. The molecule has 200 valence electrons. The maximum absolute atomic E-state index is 13.3. The van der Waals surface area contributed by atoms with Gasteiger partial charge in [-0.05, 0) is 55.5 Å². The van der Waals surface area contributed by atoms with Crippen molar-refractivity contribution in [3.8, 4) is 0 Å². The van der Waals surface area contributed by atoms with Crippen molar-refractivity contribution in [1.82, 2.24) is 20.5 Å². The van der Waals surface area contributed by atoms with E-state index in [1.807, 2.05) is 30.3 Å². The molecule has 2 saturated heterocycles. The van der Waals surface area contributed by atoms with Crippen LogP contribution in [-0.2, 0) is 29.2 Å². The maximum atomic E-state index is 13.3. The number of aryl methyl sites for hydroxylation is 1. The summed E-state index contributed by atoms with van der Waals surface area (Å²) in [5, 5.41) is 10.8. The fraction of sp³-hybridized carbons (Fsp3) is 0.440. The van der Waals surface area contributed by atoms with Crippen molar-refractivity contribution in [3.63, 3.8) is 0 Å². The van der Waals surface area contributed by atoms with E-state index < -0.39 is 35.1 Å². The summed E-state index contributed by atoms with van der Waals surface area (Å²) in [7, 11) is 0. The lowest BCUT2D eigenvalue weighted by atomic mass is 9.80. The molecule has 0 amide bonds. The van der Waals surface area contributed by atoms with E-state index in [0.29, 0.717) is 25.1 Å². The lowest BCUT2D eigenvalue weighted by Gasteiger charge is -2.42. The van der Waals surface area contributed by atoms with Crippen LogP contribution in [0.2, 0.25) is 0 Å². The van der Waals surface area contributed by atoms with Gasteiger partial charge in [-0.3, -0.25) is 5.10 Å². The van der Waals surface area contributed by atoms with Gasteiger partial charge in [0.2, 0.25) is 0 Å². The molecule has 1 aromatic heterocycles. The van der Waals surface area contributed by atoms with Crippen molar-refractivity contribution in [1.29, 1.82) is 0 Å². The minimum absolute atomic E-state index is 0. The fourth-order valence-corrected chi connectivity index (χ4v) is 5.52. The van der Waals surface area contributed by atoms with Crippen LogP contribution in [0.5, 0.6) is 0 Å². The summed E-state index contributed by atoms with van der Waals surface area (Å²) < 4.78 is 86.0. The van der Waals surface area contributed by atoms with Crippen LogP contribution in [0.15, 0.2) is 48.5 Å². The van der Waals surface area contributed by atoms with Crippen molar-refractivity contribution in [2.75, 3.05) is 0 Å². The Balaban J connectivity index is 0.00000320. The first-order valence-corrected chi connectivity index (χ1v) is 11.6. The smallest absolute Gasteiger partial charge is 0.371 e. The summed E-state index contributed by atoms with van der Waals surface area (Å²) in [6, 6.07) is 11.2. The van der Waals surface area contributed by atoms with E-state index in [2.05, 4.69) is 20.5 Å². The highest BCUT2D eigenvalue weighted by atomic mass is 35.5. The third-order valence-corrected chi connectivity index (χ3v) is 7.11. The van der Waals surface area contributed by atoms with Gasteiger partial charge in [0, 0.05) is 12.0 Å². The third kappa shape index (κ3) is 5.35. The van der Waals surface area contributed by atoms with Crippen molar-refractivity contribution < 1.29 is 31.1 Å². The highest BCUT2D eigenvalue weighted by Crippen LogP contribution is 2.50. The van der Waals surface area contributed by atoms with Gasteiger partial charge in [-0.2, -0.15) is 31.4 Å². The Labute approximate surface area is 215 Å². The highest BCUT2D eigenvalue weighted by molar-refractivity contribution is 5.85. The second kappa shape index (κ2) is 9.92. The summed E-state index contributed by atoms with van der Waals surface area (Å²) in [6.07, 6.45) is -8.41. The number of hydrogen-bond acceptors (Lipinski definition) is 4. The summed E-state index contributed by atoms with van der Waals surface area (Å²) in [5.74, 6) is 1.37. The van der Waals surface area contributed by atoms with Crippen molar-refractivity contribution >= 4 is 12.4 Å². The Bertz CT molecular complexity index is 1200. The molecule has 2 aliphatic rings. The predicted molar refractivity (Wildman–Crippen MR) is 125 cm³/mol. The number of aromatic amines is 1. The standard InChI is InChI=1S/C25H24F6N4O.ClH/c1-14-32-22(35-34-14)19-12-23(16-5-3-2-4-6-16)21(8-7-20(19)33-23)36-13-15-9-17(24(26,27)28)11-18(10-15)25(29,30)31;/h2-6,9-11,19-21,33H,7-8,12-13H2,1H3,(H,32,34,35);1H. The number of hydrogen-bond donors (Lipinski definition) is 2. The van der Waals surface area contributed by atoms with E-state index in [9.17, 15) is 26.3 Å². The molecule has 0 saturated carbocycles. The van der Waals surface area contributed by atoms with Crippen molar-refractivity contribution in [3.05, 3.63) is 82.4 Å². The van der Waals surface area contributed by atoms with E-state index in [0.717, 1.165) is 23.5 Å². The Morgan fingerprint density at radius 1 is 0.973 bits per heavy atom. The van der Waals surface area contributed by atoms with Gasteiger partial charge in [0.05, 0.1) is 29.4 Å². The zero-order chi connectivity index (χ0) is 25.7. The Morgan fingerprint density at radius 2 is 1.62 bits per heavy atom. The highest BCUT2D eigenvalue weighted by Gasteiger charge is 2.55. The molecule has 5 rings (SSSR count). The zero-order valence-corrected chi connectivity index (χ0v) is 20.5. The average Bonchev–Trinajstić information content (AvgIpc) is 3.39. The molecule has 4 atom stereocenters. The van der Waals surface area contributed by atoms with Crippen LogP contribution in [0.25, 0.3) is 0 Å². The quantitative estimate of drug-likeness (QED) is 0.369. The second-order valence-corrected chi connectivity index (χ2v) is 9.46. The molecule has 2 aliphatic heterocycles. The number of benzene rings is 2. The first-order chi connectivity index (χ1) is 17.0. The van der Waals surface area contributed by atoms with Crippen LogP contribution in [-0.4, -0.2) is 27.3 Å². The Morgan fingerprint density at radius 3 is 2.19 bits per heavy atom. The van der Waals surface area contributed by atoms with Gasteiger partial charge in [0.15, 0.2) is 0 Å². The van der Waals surface area contributed by atoms with Crippen LogP contribution in [0, 0.1) is 6.92 Å². The number of nitrogens with one attached hydrogen (secondary N) is 2. The molecule has 0 aliphatic carbocycles. The van der Waals surface area contributed by atoms with E-state index in [1.54, 1.807) is 6.92 Å². The van der Waals surface area contributed by atoms with E-state index in [4.69, 9.17) is 4.74 Å². The molecule has 2 N–H and O–H groups in total. The predicted octanol–water partition coefficient (Wildman–Crippen LogP) is 6.29. The number of nitrogens with zero attached hydrogens (tertiary/aromatic N) is 2. The molecule has 5 nitrogen and oxygen atoms in total. The first kappa shape index (κ1) is 27.4. The molecule has 0 spiro atoms. The number of ether oxygens (including phenoxy) is 1. The Hall–Kier alpha value is -2.63. The Kier molecular flexibility index (Phi) is 7.35. The lowest BCUT2D eigenvalue weighted by Crippen LogP contribution is -2.54. The normalized spacial score (nSPS) is 25.6. The first-order valence-electron chi connectivity index (χ1n) is 11.6. The third-order valence-electron chi connectivity index (χ3n) is 7.11. The van der Waals surface area contributed by atoms with Gasteiger partial charge in [-0.25, -0.2) is 4.98 Å². The molecule has 37 heavy (non-hydrogen) atoms. The summed E-state index contributed by atoms with van der Waals surface area (Å²) in [5.41, 5.74) is -2.61. The molecular weight excluding hydrogens is 522 g/mol. The van der Waals surface area contributed by atoms with Gasteiger partial charge in [-0.1, -0.05) is 30.3 Å². The number of piperidine rings is 1. The minimum Gasteiger partial charge on any atom is -0.371 e. The van der Waals surface area contributed by atoms with E-state index in [1.165, 1.54) is 0 Å². The monoisotopic (exact) mass is 546 g/mol. The van der Waals surface area contributed by atoms with Gasteiger partial charge in [0.1, 0.15) is 11.6 Å². The van der Waals surface area contributed by atoms with Crippen molar-refractivity contribution in [2.24, 2.45) is 0 Å². The molecule has 2 aromatic carbocycles. The number of aromatic nitrogens is 3. The topological polar surface area (TPSA) is 62.8 Å². The van der Waals surface area contributed by atoms with Gasteiger partial charge < -0.3 is 10.1 Å². The zero-order valence-electron chi connectivity index (χ0n) is 19.7. The molecule has 4 unspecified atom stereocenters. The van der Waals surface area contributed by atoms with Gasteiger partial charge >= 0.3 is 12.4 Å². The number of H-pyrrole nitrogens is 1. The number of rotatable bonds is 5. The SMILES string of the molecule is Cc1n[nH]c(C2CC3(c4ccccc4)NC2CCC3OCc2cc(C(F)(F)F)cc(C(F)(F)F)c2)n1.Cl. The summed E-state index contributed by atoms with van der Waals surface area (Å²) >= 11 is 0. The number of alkyl halides is 6. The molecule has 12 heteroatoms.